The molecule has 0 N–H and O–H groups in total. The molecule has 0 aliphatic heterocycles. The molecule has 0 unspecified atom stereocenters. The third-order valence-corrected chi connectivity index (χ3v) is 4.55. The minimum Gasteiger partial charge on any atom is -0.294 e. The van der Waals surface area contributed by atoms with E-state index < -0.39 is 0 Å². The van der Waals surface area contributed by atoms with Crippen LogP contribution in [0.15, 0.2) is 40.2 Å². The van der Waals surface area contributed by atoms with Gasteiger partial charge in [-0.15, -0.1) is 11.3 Å². The van der Waals surface area contributed by atoms with Gasteiger partial charge in [0, 0.05) is 26.7 Å². The Morgan fingerprint density at radius 2 is 1.94 bits per heavy atom. The summed E-state index contributed by atoms with van der Waals surface area (Å²) in [6, 6.07) is 9.95. The van der Waals surface area contributed by atoms with Crippen molar-refractivity contribution in [3.8, 4) is 0 Å². The third-order valence-electron chi connectivity index (χ3n) is 2.86. The molecule has 3 heteroatoms. The van der Waals surface area contributed by atoms with Crippen molar-refractivity contribution in [1.82, 2.24) is 0 Å². The van der Waals surface area contributed by atoms with E-state index in [9.17, 15) is 4.79 Å². The summed E-state index contributed by atoms with van der Waals surface area (Å²) in [5.41, 5.74) is 2.06. The van der Waals surface area contributed by atoms with Gasteiger partial charge in [-0.3, -0.25) is 4.79 Å². The molecule has 2 rings (SSSR count). The molecule has 1 aromatic carbocycles. The molecule has 18 heavy (non-hydrogen) atoms. The largest absolute Gasteiger partial charge is 0.294 e. The van der Waals surface area contributed by atoms with Crippen LogP contribution in [0.1, 0.15) is 40.6 Å². The lowest BCUT2D eigenvalue weighted by molar-refractivity contribution is 0.0994. The fourth-order valence-electron chi connectivity index (χ4n) is 1.76. The quantitative estimate of drug-likeness (QED) is 0.719. The Labute approximate surface area is 120 Å². The van der Waals surface area contributed by atoms with Crippen LogP contribution in [0, 0.1) is 0 Å². The van der Waals surface area contributed by atoms with E-state index in [0.717, 1.165) is 14.9 Å². The number of halogens is 1. The molecule has 0 amide bonds. The summed E-state index contributed by atoms with van der Waals surface area (Å²) >= 11 is 5.02. The van der Waals surface area contributed by atoms with Crippen molar-refractivity contribution < 1.29 is 4.79 Å². The molecule has 0 saturated heterocycles. The molecular formula is C15H15BrOS. The highest BCUT2D eigenvalue weighted by atomic mass is 79.9. The minimum atomic E-state index is 0.180. The summed E-state index contributed by atoms with van der Waals surface area (Å²) in [4.78, 5) is 13.2. The number of carbonyl (C=O) groups is 1. The molecule has 94 valence electrons. The Hall–Kier alpha value is -0.930. The predicted octanol–water partition coefficient (Wildman–Crippen LogP) is 5.06. The van der Waals surface area contributed by atoms with Gasteiger partial charge < -0.3 is 0 Å². The van der Waals surface area contributed by atoms with E-state index in [1.54, 1.807) is 11.3 Å². The van der Waals surface area contributed by atoms with Gasteiger partial charge in [0.25, 0.3) is 0 Å². The monoisotopic (exact) mass is 322 g/mol. The third kappa shape index (κ3) is 3.30. The zero-order chi connectivity index (χ0) is 13.1. The average Bonchev–Trinajstić information content (AvgIpc) is 2.75. The Balaban J connectivity index is 2.09. The number of Topliss-reactive ketones (excluding diaryl/α,β-unsaturated/α-hetero) is 1. The lowest BCUT2D eigenvalue weighted by Crippen LogP contribution is -2.02. The van der Waals surface area contributed by atoms with Crippen LogP contribution in [0.4, 0.5) is 0 Å². The first-order chi connectivity index (χ1) is 8.56. The number of hydrogen-bond donors (Lipinski definition) is 0. The standard InChI is InChI=1S/C15H15BrOS/c1-10(2)11-3-5-12(6-4-11)15(17)8-14-7-13(16)9-18-14/h3-7,9-10H,8H2,1-2H3. The van der Waals surface area contributed by atoms with Gasteiger partial charge >= 0.3 is 0 Å². The molecule has 0 bridgehead atoms. The summed E-state index contributed by atoms with van der Waals surface area (Å²) in [5, 5.41) is 2.00. The summed E-state index contributed by atoms with van der Waals surface area (Å²) in [7, 11) is 0. The molecule has 0 saturated carbocycles. The van der Waals surface area contributed by atoms with Crippen molar-refractivity contribution in [3.05, 3.63) is 56.2 Å². The second-order valence-electron chi connectivity index (χ2n) is 4.61. The predicted molar refractivity (Wildman–Crippen MR) is 80.6 cm³/mol. The van der Waals surface area contributed by atoms with Crippen molar-refractivity contribution in [2.24, 2.45) is 0 Å². The highest BCUT2D eigenvalue weighted by molar-refractivity contribution is 9.10. The first kappa shape index (κ1) is 13.5. The molecule has 0 aliphatic rings. The fraction of sp³-hybridized carbons (Fsp3) is 0.267. The summed E-state index contributed by atoms with van der Waals surface area (Å²) in [5.74, 6) is 0.682. The van der Waals surface area contributed by atoms with Crippen LogP contribution < -0.4 is 0 Å². The molecule has 0 aliphatic carbocycles. The van der Waals surface area contributed by atoms with Gasteiger partial charge in [0.05, 0.1) is 0 Å². The number of rotatable bonds is 4. The average molecular weight is 323 g/mol. The Morgan fingerprint density at radius 1 is 1.28 bits per heavy atom. The van der Waals surface area contributed by atoms with Crippen LogP contribution in [0.2, 0.25) is 0 Å². The molecule has 0 atom stereocenters. The zero-order valence-electron chi connectivity index (χ0n) is 10.4. The van der Waals surface area contributed by atoms with Gasteiger partial charge in [-0.1, -0.05) is 38.1 Å². The molecule has 1 heterocycles. The van der Waals surface area contributed by atoms with E-state index >= 15 is 0 Å². The molecular weight excluding hydrogens is 308 g/mol. The maximum atomic E-state index is 12.1. The molecule has 1 nitrogen and oxygen atoms in total. The molecule has 0 radical (unpaired) electrons. The Kier molecular flexibility index (Phi) is 4.36. The van der Waals surface area contributed by atoms with Crippen molar-refractivity contribution in [3.63, 3.8) is 0 Å². The van der Waals surface area contributed by atoms with E-state index in [-0.39, 0.29) is 5.78 Å². The fourth-order valence-corrected chi connectivity index (χ4v) is 3.21. The molecule has 1 aromatic heterocycles. The Bertz CT molecular complexity index is 540. The first-order valence-electron chi connectivity index (χ1n) is 5.92. The van der Waals surface area contributed by atoms with E-state index in [2.05, 4.69) is 29.8 Å². The van der Waals surface area contributed by atoms with E-state index in [0.29, 0.717) is 12.3 Å². The van der Waals surface area contributed by atoms with Crippen molar-refractivity contribution >= 4 is 33.0 Å². The smallest absolute Gasteiger partial charge is 0.168 e. The molecule has 0 fully saturated rings. The normalized spacial score (nSPS) is 10.9. The second-order valence-corrected chi connectivity index (χ2v) is 6.52. The Morgan fingerprint density at radius 3 is 2.44 bits per heavy atom. The van der Waals surface area contributed by atoms with E-state index in [1.165, 1.54) is 5.56 Å². The number of carbonyl (C=O) groups excluding carboxylic acids is 1. The van der Waals surface area contributed by atoms with Crippen LogP contribution in [0.3, 0.4) is 0 Å². The highest BCUT2D eigenvalue weighted by Gasteiger charge is 2.09. The van der Waals surface area contributed by atoms with Gasteiger partial charge in [0.1, 0.15) is 0 Å². The highest BCUT2D eigenvalue weighted by Crippen LogP contribution is 2.22. The van der Waals surface area contributed by atoms with Gasteiger partial charge in [0.2, 0.25) is 0 Å². The minimum absolute atomic E-state index is 0.180. The maximum Gasteiger partial charge on any atom is 0.168 e. The second kappa shape index (κ2) is 5.81. The number of benzene rings is 1. The lowest BCUT2D eigenvalue weighted by atomic mass is 9.99. The summed E-state index contributed by atoms with van der Waals surface area (Å²) in [6.45, 7) is 4.31. The van der Waals surface area contributed by atoms with Crippen LogP contribution in [0.25, 0.3) is 0 Å². The lowest BCUT2D eigenvalue weighted by Gasteiger charge is -2.06. The number of hydrogen-bond acceptors (Lipinski definition) is 2. The number of ketones is 1. The first-order valence-corrected chi connectivity index (χ1v) is 7.59. The SMILES string of the molecule is CC(C)c1ccc(C(=O)Cc2cc(Br)cs2)cc1. The molecule has 2 aromatic rings. The van der Waals surface area contributed by atoms with E-state index in [1.807, 2.05) is 35.7 Å². The summed E-state index contributed by atoms with van der Waals surface area (Å²) in [6.07, 6.45) is 0.483. The van der Waals surface area contributed by atoms with Gasteiger partial charge in [-0.25, -0.2) is 0 Å². The van der Waals surface area contributed by atoms with E-state index in [4.69, 9.17) is 0 Å². The van der Waals surface area contributed by atoms with Crippen molar-refractivity contribution in [2.45, 2.75) is 26.2 Å². The van der Waals surface area contributed by atoms with Crippen LogP contribution in [0.5, 0.6) is 0 Å². The van der Waals surface area contributed by atoms with Gasteiger partial charge in [0.15, 0.2) is 5.78 Å². The maximum absolute atomic E-state index is 12.1. The van der Waals surface area contributed by atoms with Crippen LogP contribution >= 0.6 is 27.3 Å². The zero-order valence-corrected chi connectivity index (χ0v) is 12.8. The van der Waals surface area contributed by atoms with Crippen molar-refractivity contribution in [1.29, 1.82) is 0 Å². The topological polar surface area (TPSA) is 17.1 Å². The number of thiophene rings is 1. The van der Waals surface area contributed by atoms with Crippen LogP contribution in [-0.4, -0.2) is 5.78 Å². The van der Waals surface area contributed by atoms with Crippen LogP contribution in [-0.2, 0) is 6.42 Å². The summed E-state index contributed by atoms with van der Waals surface area (Å²) < 4.78 is 1.05. The molecule has 0 spiro atoms. The van der Waals surface area contributed by atoms with Gasteiger partial charge in [-0.2, -0.15) is 0 Å². The van der Waals surface area contributed by atoms with Gasteiger partial charge in [-0.05, 0) is 33.5 Å². The van der Waals surface area contributed by atoms with Crippen molar-refractivity contribution in [2.75, 3.05) is 0 Å².